The quantitative estimate of drug-likeness (QED) is 0.651. The zero-order valence-corrected chi connectivity index (χ0v) is 17.1. The number of nitrogens with zero attached hydrogens (tertiary/aromatic N) is 3. The van der Waals surface area contributed by atoms with Crippen LogP contribution in [0.1, 0.15) is 45.0 Å². The molecule has 1 aliphatic heterocycles. The lowest BCUT2D eigenvalue weighted by atomic mass is 9.95. The molecule has 8 heteroatoms. The molecule has 1 fully saturated rings. The number of aryl methyl sites for hydroxylation is 1. The first-order chi connectivity index (χ1) is 14.1. The van der Waals surface area contributed by atoms with Crippen LogP contribution >= 0.6 is 11.3 Å². The van der Waals surface area contributed by atoms with Crippen LogP contribution in [0.25, 0.3) is 10.1 Å². The molecule has 1 atom stereocenters. The zero-order chi connectivity index (χ0) is 20.4. The van der Waals surface area contributed by atoms with E-state index in [1.807, 2.05) is 42.3 Å². The summed E-state index contributed by atoms with van der Waals surface area (Å²) in [7, 11) is 0. The first-order valence-electron chi connectivity index (χ1n) is 9.85. The van der Waals surface area contributed by atoms with Gasteiger partial charge in [0.1, 0.15) is 5.69 Å². The fraction of sp³-hybridized carbons (Fsp3) is 0.381. The molecule has 1 saturated heterocycles. The van der Waals surface area contributed by atoms with Crippen molar-refractivity contribution in [3.63, 3.8) is 0 Å². The minimum Gasteiger partial charge on any atom is -0.395 e. The maximum absolute atomic E-state index is 12.9. The Labute approximate surface area is 172 Å². The summed E-state index contributed by atoms with van der Waals surface area (Å²) in [5, 5.41) is 17.2. The smallest absolute Gasteiger partial charge is 0.274 e. The number of fused-ring (bicyclic) bond motifs is 1. The molecule has 0 radical (unpaired) electrons. The van der Waals surface area contributed by atoms with Gasteiger partial charge in [0, 0.05) is 43.0 Å². The number of rotatable bonds is 6. The molecular weight excluding hydrogens is 388 g/mol. The van der Waals surface area contributed by atoms with Crippen LogP contribution in [0.15, 0.2) is 36.5 Å². The number of hydrogen-bond donors (Lipinski definition) is 2. The molecule has 1 unspecified atom stereocenters. The normalized spacial score (nSPS) is 16.5. The minimum atomic E-state index is -0.165. The van der Waals surface area contributed by atoms with Gasteiger partial charge in [-0.2, -0.15) is 5.10 Å². The lowest BCUT2D eigenvalue weighted by molar-refractivity contribution is 0.0784. The van der Waals surface area contributed by atoms with Crippen LogP contribution in [-0.4, -0.2) is 57.8 Å². The Balaban J connectivity index is 1.61. The molecule has 1 aromatic carbocycles. The van der Waals surface area contributed by atoms with E-state index in [9.17, 15) is 9.59 Å². The molecule has 2 aromatic heterocycles. The Kier molecular flexibility index (Phi) is 5.64. The first-order valence-corrected chi connectivity index (χ1v) is 10.7. The fourth-order valence-corrected chi connectivity index (χ4v) is 5.09. The van der Waals surface area contributed by atoms with Crippen molar-refractivity contribution in [1.29, 1.82) is 0 Å². The highest BCUT2D eigenvalue weighted by Crippen LogP contribution is 2.40. The van der Waals surface area contributed by atoms with E-state index in [-0.39, 0.29) is 30.9 Å². The van der Waals surface area contributed by atoms with Gasteiger partial charge >= 0.3 is 0 Å². The maximum atomic E-state index is 12.9. The maximum Gasteiger partial charge on any atom is 0.274 e. The second kappa shape index (κ2) is 8.34. The largest absolute Gasteiger partial charge is 0.395 e. The standard InChI is InChI=1S/C21H24N4O3S/c1-2-25-11-8-16(23-25)21(28)24-10-7-14(13-24)18-15-5-3-4-6-17(15)29-19(18)20(27)22-9-12-26/h3-6,8,11,14,26H,2,7,9-10,12-13H2,1H3,(H,22,27). The van der Waals surface area contributed by atoms with E-state index >= 15 is 0 Å². The van der Waals surface area contributed by atoms with Crippen LogP contribution < -0.4 is 5.32 Å². The SMILES string of the molecule is CCn1ccc(C(=O)N2CCC(c3c(C(=O)NCCO)sc4ccccc34)C2)n1. The highest BCUT2D eigenvalue weighted by atomic mass is 32.1. The summed E-state index contributed by atoms with van der Waals surface area (Å²) in [6.45, 7) is 4.05. The molecule has 0 aliphatic carbocycles. The number of nitrogens with one attached hydrogen (secondary N) is 1. The number of carbonyl (C=O) groups is 2. The van der Waals surface area contributed by atoms with Gasteiger partial charge in [-0.15, -0.1) is 11.3 Å². The highest BCUT2D eigenvalue weighted by Gasteiger charge is 2.33. The summed E-state index contributed by atoms with van der Waals surface area (Å²) in [6.07, 6.45) is 2.62. The average molecular weight is 413 g/mol. The Morgan fingerprint density at radius 2 is 2.14 bits per heavy atom. The minimum absolute atomic E-state index is 0.0643. The van der Waals surface area contributed by atoms with Crippen LogP contribution in [0.4, 0.5) is 0 Å². The summed E-state index contributed by atoms with van der Waals surface area (Å²) in [5.74, 6) is -0.134. The lowest BCUT2D eigenvalue weighted by Gasteiger charge is -2.16. The van der Waals surface area contributed by atoms with Crippen molar-refractivity contribution in [3.05, 3.63) is 52.7 Å². The number of hydrogen-bond acceptors (Lipinski definition) is 5. The van der Waals surface area contributed by atoms with Crippen LogP contribution in [-0.2, 0) is 6.54 Å². The predicted molar refractivity (Wildman–Crippen MR) is 112 cm³/mol. The van der Waals surface area contributed by atoms with E-state index in [0.29, 0.717) is 23.7 Å². The third-order valence-electron chi connectivity index (χ3n) is 5.30. The van der Waals surface area contributed by atoms with Crippen molar-refractivity contribution >= 4 is 33.2 Å². The Morgan fingerprint density at radius 3 is 2.90 bits per heavy atom. The molecule has 0 saturated carbocycles. The van der Waals surface area contributed by atoms with Crippen LogP contribution in [0, 0.1) is 0 Å². The van der Waals surface area contributed by atoms with E-state index < -0.39 is 0 Å². The molecule has 152 valence electrons. The molecule has 29 heavy (non-hydrogen) atoms. The molecule has 1 aliphatic rings. The van der Waals surface area contributed by atoms with E-state index in [0.717, 1.165) is 28.6 Å². The highest BCUT2D eigenvalue weighted by molar-refractivity contribution is 7.21. The number of carbonyl (C=O) groups excluding carboxylic acids is 2. The molecular formula is C21H24N4O3S. The molecule has 2 N–H and O–H groups in total. The van der Waals surface area contributed by atoms with Gasteiger partial charge in [0.05, 0.1) is 11.5 Å². The van der Waals surface area contributed by atoms with Crippen molar-refractivity contribution < 1.29 is 14.7 Å². The van der Waals surface area contributed by atoms with Gasteiger partial charge in [-0.25, -0.2) is 0 Å². The molecule has 7 nitrogen and oxygen atoms in total. The summed E-state index contributed by atoms with van der Waals surface area (Å²) < 4.78 is 2.81. The number of aliphatic hydroxyl groups is 1. The Morgan fingerprint density at radius 1 is 1.31 bits per heavy atom. The van der Waals surface area contributed by atoms with Crippen molar-refractivity contribution in [2.75, 3.05) is 26.2 Å². The van der Waals surface area contributed by atoms with Crippen LogP contribution in [0.5, 0.6) is 0 Å². The molecule has 3 heterocycles. The predicted octanol–water partition coefficient (Wildman–Crippen LogP) is 2.47. The summed E-state index contributed by atoms with van der Waals surface area (Å²) in [5.41, 5.74) is 1.47. The van der Waals surface area contributed by atoms with Gasteiger partial charge in [-0.3, -0.25) is 14.3 Å². The van der Waals surface area contributed by atoms with E-state index in [1.165, 1.54) is 11.3 Å². The van der Waals surface area contributed by atoms with Gasteiger partial charge in [0.15, 0.2) is 0 Å². The molecule has 3 aromatic rings. The second-order valence-electron chi connectivity index (χ2n) is 7.11. The Hall–Kier alpha value is -2.71. The first kappa shape index (κ1) is 19.6. The number of aromatic nitrogens is 2. The van der Waals surface area contributed by atoms with E-state index in [4.69, 9.17) is 5.11 Å². The monoisotopic (exact) mass is 412 g/mol. The van der Waals surface area contributed by atoms with Crippen molar-refractivity contribution in [3.8, 4) is 0 Å². The third-order valence-corrected chi connectivity index (χ3v) is 6.49. The lowest BCUT2D eigenvalue weighted by Crippen LogP contribution is -2.29. The molecule has 4 rings (SSSR count). The van der Waals surface area contributed by atoms with Gasteiger partial charge in [-0.05, 0) is 36.4 Å². The summed E-state index contributed by atoms with van der Waals surface area (Å²) in [4.78, 5) is 28.1. The third kappa shape index (κ3) is 3.77. The molecule has 2 amide bonds. The molecule has 0 bridgehead atoms. The van der Waals surface area contributed by atoms with Gasteiger partial charge in [-0.1, -0.05) is 18.2 Å². The Bertz CT molecular complexity index is 1040. The number of benzene rings is 1. The van der Waals surface area contributed by atoms with Crippen LogP contribution in [0.2, 0.25) is 0 Å². The number of thiophene rings is 1. The summed E-state index contributed by atoms with van der Waals surface area (Å²) in [6, 6.07) is 9.75. The topological polar surface area (TPSA) is 87.5 Å². The van der Waals surface area contributed by atoms with Crippen molar-refractivity contribution in [2.45, 2.75) is 25.8 Å². The fourth-order valence-electron chi connectivity index (χ4n) is 3.88. The van der Waals surface area contributed by atoms with Crippen molar-refractivity contribution in [1.82, 2.24) is 20.0 Å². The number of amides is 2. The van der Waals surface area contributed by atoms with Gasteiger partial charge in [0.2, 0.25) is 0 Å². The van der Waals surface area contributed by atoms with Gasteiger partial charge in [0.25, 0.3) is 11.8 Å². The second-order valence-corrected chi connectivity index (χ2v) is 8.17. The van der Waals surface area contributed by atoms with E-state index in [1.54, 1.807) is 10.7 Å². The zero-order valence-electron chi connectivity index (χ0n) is 16.3. The van der Waals surface area contributed by atoms with Gasteiger partial charge < -0.3 is 15.3 Å². The number of aliphatic hydroxyl groups excluding tert-OH is 1. The molecule has 0 spiro atoms. The van der Waals surface area contributed by atoms with Crippen molar-refractivity contribution in [2.24, 2.45) is 0 Å². The average Bonchev–Trinajstić information content (AvgIpc) is 3.48. The van der Waals surface area contributed by atoms with E-state index in [2.05, 4.69) is 10.4 Å². The van der Waals surface area contributed by atoms with Crippen LogP contribution in [0.3, 0.4) is 0 Å². The number of likely N-dealkylation sites (tertiary alicyclic amines) is 1. The summed E-state index contributed by atoms with van der Waals surface area (Å²) >= 11 is 1.47.